The maximum atomic E-state index is 14.8. The highest BCUT2D eigenvalue weighted by atomic mass is 19.1. The molecule has 1 rings (SSSR count). The first-order valence-electron chi connectivity index (χ1n) is 6.38. The van der Waals surface area contributed by atoms with Crippen LogP contribution in [0, 0.1) is 11.8 Å². The molecule has 1 nitrogen and oxygen atoms in total. The van der Waals surface area contributed by atoms with Gasteiger partial charge in [-0.1, -0.05) is 52.0 Å². The van der Waals surface area contributed by atoms with E-state index >= 15 is 0 Å². The van der Waals surface area contributed by atoms with E-state index in [1.54, 1.807) is 0 Å². The van der Waals surface area contributed by atoms with Crippen LogP contribution in [0.1, 0.15) is 38.8 Å². The van der Waals surface area contributed by atoms with Crippen LogP contribution in [-0.4, -0.2) is 6.54 Å². The molecule has 1 aromatic rings. The van der Waals surface area contributed by atoms with Gasteiger partial charge in [0.05, 0.1) is 0 Å². The van der Waals surface area contributed by atoms with Crippen LogP contribution in [0.15, 0.2) is 24.3 Å². The quantitative estimate of drug-likeness (QED) is 0.831. The lowest BCUT2D eigenvalue weighted by Crippen LogP contribution is -2.35. The minimum Gasteiger partial charge on any atom is -0.327 e. The first-order chi connectivity index (χ1) is 7.90. The number of rotatable bonds is 5. The fourth-order valence-electron chi connectivity index (χ4n) is 2.12. The van der Waals surface area contributed by atoms with E-state index in [4.69, 9.17) is 5.73 Å². The number of nitrogens with two attached hydrogens (primary N) is 1. The van der Waals surface area contributed by atoms with Crippen LogP contribution in [0.3, 0.4) is 0 Å². The third kappa shape index (κ3) is 3.29. The van der Waals surface area contributed by atoms with Crippen molar-refractivity contribution in [2.75, 3.05) is 6.54 Å². The van der Waals surface area contributed by atoms with Gasteiger partial charge in [-0.15, -0.1) is 0 Å². The first kappa shape index (κ1) is 14.2. The number of alkyl halides is 1. The van der Waals surface area contributed by atoms with Crippen molar-refractivity contribution in [1.29, 1.82) is 0 Å². The van der Waals surface area contributed by atoms with Gasteiger partial charge in [-0.3, -0.25) is 0 Å². The number of halogens is 1. The molecule has 0 radical (unpaired) electrons. The van der Waals surface area contributed by atoms with E-state index in [0.29, 0.717) is 11.5 Å². The number of hydrogen-bond donors (Lipinski definition) is 1. The second-order valence-electron chi connectivity index (χ2n) is 5.52. The van der Waals surface area contributed by atoms with Gasteiger partial charge < -0.3 is 5.73 Å². The van der Waals surface area contributed by atoms with E-state index in [0.717, 1.165) is 6.42 Å². The standard InChI is InChI=1S/C15H24FN/c1-11(2)8-13-6-5-7-14(9-13)15(16,10-17)12(3)4/h5-7,9,11-12H,8,10,17H2,1-4H3. The summed E-state index contributed by atoms with van der Waals surface area (Å²) in [6.07, 6.45) is 0.979. The summed E-state index contributed by atoms with van der Waals surface area (Å²) >= 11 is 0. The molecule has 0 amide bonds. The minimum absolute atomic E-state index is 0.0375. The summed E-state index contributed by atoms with van der Waals surface area (Å²) in [5.41, 5.74) is 6.11. The fraction of sp³-hybridized carbons (Fsp3) is 0.600. The van der Waals surface area contributed by atoms with Crippen LogP contribution in [-0.2, 0) is 12.1 Å². The summed E-state index contributed by atoms with van der Waals surface area (Å²) in [5.74, 6) is 0.470. The van der Waals surface area contributed by atoms with E-state index in [-0.39, 0.29) is 12.5 Å². The Hall–Kier alpha value is -0.890. The summed E-state index contributed by atoms with van der Waals surface area (Å²) in [6, 6.07) is 7.80. The van der Waals surface area contributed by atoms with Crippen LogP contribution in [0.25, 0.3) is 0 Å². The van der Waals surface area contributed by atoms with Crippen LogP contribution in [0.4, 0.5) is 4.39 Å². The Morgan fingerprint density at radius 3 is 2.35 bits per heavy atom. The van der Waals surface area contributed by atoms with Gasteiger partial charge in [0.1, 0.15) is 5.67 Å². The van der Waals surface area contributed by atoms with Crippen molar-refractivity contribution in [3.05, 3.63) is 35.4 Å². The van der Waals surface area contributed by atoms with Crippen molar-refractivity contribution in [3.63, 3.8) is 0 Å². The van der Waals surface area contributed by atoms with Gasteiger partial charge in [0, 0.05) is 6.54 Å². The van der Waals surface area contributed by atoms with Crippen molar-refractivity contribution in [2.24, 2.45) is 17.6 Å². The lowest BCUT2D eigenvalue weighted by molar-refractivity contribution is 0.109. The SMILES string of the molecule is CC(C)Cc1cccc(C(F)(CN)C(C)C)c1. The molecule has 96 valence electrons. The molecule has 0 aliphatic heterocycles. The van der Waals surface area contributed by atoms with Crippen LogP contribution >= 0.6 is 0 Å². The van der Waals surface area contributed by atoms with E-state index in [9.17, 15) is 4.39 Å². The minimum atomic E-state index is -1.41. The van der Waals surface area contributed by atoms with Crippen LogP contribution < -0.4 is 5.73 Å². The lowest BCUT2D eigenvalue weighted by Gasteiger charge is -2.29. The molecule has 2 N–H and O–H groups in total. The Morgan fingerprint density at radius 2 is 1.88 bits per heavy atom. The maximum Gasteiger partial charge on any atom is 0.150 e. The van der Waals surface area contributed by atoms with Crippen molar-refractivity contribution < 1.29 is 4.39 Å². The average Bonchev–Trinajstić information content (AvgIpc) is 2.27. The normalized spacial score (nSPS) is 15.3. The molecule has 0 saturated heterocycles. The molecule has 0 heterocycles. The van der Waals surface area contributed by atoms with Gasteiger partial charge in [0.15, 0.2) is 0 Å². The Kier molecular flexibility index (Phi) is 4.70. The highest BCUT2D eigenvalue weighted by molar-refractivity contribution is 5.29. The Balaban J connectivity index is 3.05. The predicted molar refractivity (Wildman–Crippen MR) is 71.7 cm³/mol. The third-order valence-corrected chi connectivity index (χ3v) is 3.26. The molecular weight excluding hydrogens is 213 g/mol. The second kappa shape index (κ2) is 5.63. The Morgan fingerprint density at radius 1 is 1.24 bits per heavy atom. The smallest absolute Gasteiger partial charge is 0.150 e. The summed E-state index contributed by atoms with van der Waals surface area (Å²) < 4.78 is 14.8. The fourth-order valence-corrected chi connectivity index (χ4v) is 2.12. The average molecular weight is 237 g/mol. The highest BCUT2D eigenvalue weighted by Crippen LogP contribution is 2.33. The molecule has 0 aliphatic rings. The molecular formula is C15H24FN. The summed E-state index contributed by atoms with van der Waals surface area (Å²) in [7, 11) is 0. The molecule has 1 aromatic carbocycles. The van der Waals surface area contributed by atoms with E-state index in [2.05, 4.69) is 19.9 Å². The van der Waals surface area contributed by atoms with Gasteiger partial charge in [0.2, 0.25) is 0 Å². The van der Waals surface area contributed by atoms with E-state index in [1.165, 1.54) is 5.56 Å². The van der Waals surface area contributed by atoms with Crippen LogP contribution in [0.5, 0.6) is 0 Å². The Bertz CT molecular complexity index is 360. The predicted octanol–water partition coefficient (Wildman–Crippen LogP) is 3.66. The Labute approximate surface area is 104 Å². The zero-order valence-corrected chi connectivity index (χ0v) is 11.3. The largest absolute Gasteiger partial charge is 0.327 e. The molecule has 0 saturated carbocycles. The van der Waals surface area contributed by atoms with E-state index < -0.39 is 5.67 Å². The van der Waals surface area contributed by atoms with Crippen molar-refractivity contribution in [3.8, 4) is 0 Å². The van der Waals surface area contributed by atoms with Crippen molar-refractivity contribution in [2.45, 2.75) is 39.8 Å². The summed E-state index contributed by atoms with van der Waals surface area (Å²) in [4.78, 5) is 0. The monoisotopic (exact) mass is 237 g/mol. The lowest BCUT2D eigenvalue weighted by atomic mass is 9.84. The highest BCUT2D eigenvalue weighted by Gasteiger charge is 2.34. The molecule has 17 heavy (non-hydrogen) atoms. The third-order valence-electron chi connectivity index (χ3n) is 3.26. The molecule has 0 spiro atoms. The number of hydrogen-bond acceptors (Lipinski definition) is 1. The van der Waals surface area contributed by atoms with Gasteiger partial charge in [-0.2, -0.15) is 0 Å². The molecule has 0 aliphatic carbocycles. The van der Waals surface area contributed by atoms with E-state index in [1.807, 2.05) is 32.0 Å². The van der Waals surface area contributed by atoms with Gasteiger partial charge >= 0.3 is 0 Å². The molecule has 0 fully saturated rings. The van der Waals surface area contributed by atoms with Gasteiger partial charge in [0.25, 0.3) is 0 Å². The van der Waals surface area contributed by atoms with Gasteiger partial charge in [-0.25, -0.2) is 4.39 Å². The molecule has 1 atom stereocenters. The van der Waals surface area contributed by atoms with Crippen LogP contribution in [0.2, 0.25) is 0 Å². The zero-order chi connectivity index (χ0) is 13.1. The topological polar surface area (TPSA) is 26.0 Å². The number of benzene rings is 1. The molecule has 2 heteroatoms. The maximum absolute atomic E-state index is 14.8. The molecule has 0 aromatic heterocycles. The summed E-state index contributed by atoms with van der Waals surface area (Å²) in [5, 5.41) is 0. The molecule has 1 unspecified atom stereocenters. The van der Waals surface area contributed by atoms with Crippen molar-refractivity contribution >= 4 is 0 Å². The zero-order valence-electron chi connectivity index (χ0n) is 11.3. The van der Waals surface area contributed by atoms with Crippen molar-refractivity contribution in [1.82, 2.24) is 0 Å². The van der Waals surface area contributed by atoms with Gasteiger partial charge in [-0.05, 0) is 29.4 Å². The first-order valence-corrected chi connectivity index (χ1v) is 6.38. The summed E-state index contributed by atoms with van der Waals surface area (Å²) in [6.45, 7) is 8.13. The molecule has 0 bridgehead atoms. The second-order valence-corrected chi connectivity index (χ2v) is 5.52.